The van der Waals surface area contributed by atoms with E-state index in [0.717, 1.165) is 34.0 Å². The standard InChI is InChI=1S/C21H15BrF6N4O/c1-19(23,20(24,25)18-30-29-10-31(18)2)11-4-3-5-13(6-11)32-9-15-14(17(32)33)7-12(22)8-16(15)21(26,27)28/h3-8,10H,9H2,1-2H3/t19-/m1/s1. The number of hydrogen-bond donors (Lipinski definition) is 0. The molecule has 4 rings (SSSR count). The molecule has 1 aromatic heterocycles. The van der Waals surface area contributed by atoms with Gasteiger partial charge in [-0.25, -0.2) is 4.39 Å². The van der Waals surface area contributed by atoms with Crippen molar-refractivity contribution in [2.75, 3.05) is 4.90 Å². The minimum atomic E-state index is -4.71. The van der Waals surface area contributed by atoms with Crippen LogP contribution in [0.2, 0.25) is 0 Å². The van der Waals surface area contributed by atoms with Gasteiger partial charge in [0, 0.05) is 22.8 Å². The Morgan fingerprint density at radius 1 is 1.06 bits per heavy atom. The number of alkyl halides is 6. The molecule has 0 N–H and O–H groups in total. The highest BCUT2D eigenvalue weighted by molar-refractivity contribution is 9.10. The van der Waals surface area contributed by atoms with Gasteiger partial charge in [0.1, 0.15) is 6.33 Å². The van der Waals surface area contributed by atoms with Crippen LogP contribution in [-0.2, 0) is 31.4 Å². The first-order valence-electron chi connectivity index (χ1n) is 9.48. The van der Waals surface area contributed by atoms with Crippen molar-refractivity contribution < 1.29 is 31.1 Å². The average molecular weight is 533 g/mol. The minimum Gasteiger partial charge on any atom is -0.316 e. The molecule has 33 heavy (non-hydrogen) atoms. The van der Waals surface area contributed by atoms with Gasteiger partial charge in [-0.1, -0.05) is 28.1 Å². The first kappa shape index (κ1) is 23.3. The van der Waals surface area contributed by atoms with Crippen molar-refractivity contribution in [2.24, 2.45) is 7.05 Å². The summed E-state index contributed by atoms with van der Waals surface area (Å²) in [6.45, 7) is 0.225. The Labute approximate surface area is 192 Å². The molecule has 1 amide bonds. The Morgan fingerprint density at radius 3 is 2.36 bits per heavy atom. The van der Waals surface area contributed by atoms with E-state index in [1.165, 1.54) is 25.2 Å². The first-order valence-corrected chi connectivity index (χ1v) is 10.3. The van der Waals surface area contributed by atoms with E-state index in [1.54, 1.807) is 0 Å². The molecule has 0 aliphatic carbocycles. The van der Waals surface area contributed by atoms with Crippen molar-refractivity contribution >= 4 is 27.5 Å². The Morgan fingerprint density at radius 2 is 1.76 bits per heavy atom. The van der Waals surface area contributed by atoms with Crippen molar-refractivity contribution in [2.45, 2.75) is 31.2 Å². The van der Waals surface area contributed by atoms with Gasteiger partial charge in [-0.3, -0.25) is 4.79 Å². The largest absolute Gasteiger partial charge is 0.416 e. The van der Waals surface area contributed by atoms with E-state index in [4.69, 9.17) is 0 Å². The van der Waals surface area contributed by atoms with Crippen molar-refractivity contribution in [1.82, 2.24) is 14.8 Å². The van der Waals surface area contributed by atoms with Crippen LogP contribution in [0.4, 0.5) is 32.0 Å². The Hall–Kier alpha value is -2.89. The molecule has 2 aromatic carbocycles. The van der Waals surface area contributed by atoms with Crippen LogP contribution in [0.3, 0.4) is 0 Å². The van der Waals surface area contributed by atoms with Crippen LogP contribution in [0.15, 0.2) is 47.2 Å². The topological polar surface area (TPSA) is 51.0 Å². The van der Waals surface area contributed by atoms with Crippen LogP contribution in [0.1, 0.15) is 39.8 Å². The number of amides is 1. The number of carbonyl (C=O) groups excluding carboxylic acids is 1. The Bertz CT molecular complexity index is 1250. The van der Waals surface area contributed by atoms with E-state index in [2.05, 4.69) is 26.1 Å². The van der Waals surface area contributed by atoms with Crippen LogP contribution >= 0.6 is 15.9 Å². The van der Waals surface area contributed by atoms with Crippen molar-refractivity contribution in [3.8, 4) is 0 Å². The predicted molar refractivity (Wildman–Crippen MR) is 109 cm³/mol. The number of benzene rings is 2. The number of hydrogen-bond acceptors (Lipinski definition) is 3. The zero-order valence-electron chi connectivity index (χ0n) is 17.1. The van der Waals surface area contributed by atoms with Gasteiger partial charge in [0.25, 0.3) is 5.91 Å². The summed E-state index contributed by atoms with van der Waals surface area (Å²) in [5.41, 5.74) is -5.16. The molecular weight excluding hydrogens is 518 g/mol. The molecule has 174 valence electrons. The summed E-state index contributed by atoms with van der Waals surface area (Å²) in [5, 5.41) is 6.67. The molecular formula is C21H15BrF6N4O. The quantitative estimate of drug-likeness (QED) is 0.403. The van der Waals surface area contributed by atoms with E-state index < -0.39 is 47.2 Å². The zero-order chi connectivity index (χ0) is 24.3. The number of aryl methyl sites for hydroxylation is 1. The van der Waals surface area contributed by atoms with E-state index in [1.807, 2.05) is 0 Å². The number of halogens is 7. The molecule has 0 fully saturated rings. The molecule has 1 atom stereocenters. The number of aromatic nitrogens is 3. The third kappa shape index (κ3) is 3.69. The maximum atomic E-state index is 15.6. The summed E-state index contributed by atoms with van der Waals surface area (Å²) in [4.78, 5) is 13.9. The lowest BCUT2D eigenvalue weighted by atomic mass is 9.90. The van der Waals surface area contributed by atoms with Gasteiger partial charge >= 0.3 is 12.1 Å². The van der Waals surface area contributed by atoms with Crippen molar-refractivity contribution in [1.29, 1.82) is 0 Å². The Kier molecular flexibility index (Phi) is 5.34. The Balaban J connectivity index is 1.75. The molecule has 2 heterocycles. The van der Waals surface area contributed by atoms with Gasteiger partial charge in [-0.05, 0) is 42.3 Å². The number of rotatable bonds is 4. The molecule has 3 aromatic rings. The number of fused-ring (bicyclic) bond motifs is 1. The normalized spacial score (nSPS) is 16.2. The van der Waals surface area contributed by atoms with E-state index in [0.29, 0.717) is 6.92 Å². The van der Waals surface area contributed by atoms with Gasteiger partial charge in [0.2, 0.25) is 11.5 Å². The number of carbonyl (C=O) groups is 1. The van der Waals surface area contributed by atoms with Gasteiger partial charge < -0.3 is 9.47 Å². The molecule has 12 heteroatoms. The number of anilines is 1. The molecule has 1 aliphatic rings. The van der Waals surface area contributed by atoms with Crippen LogP contribution in [-0.4, -0.2) is 20.7 Å². The smallest absolute Gasteiger partial charge is 0.316 e. The van der Waals surface area contributed by atoms with Crippen LogP contribution in [0, 0.1) is 0 Å². The SMILES string of the molecule is Cn1cnnc1C(F)(F)[C@](C)(F)c1cccc(N2Cc3c(cc(Br)cc3C(F)(F)F)C2=O)c1. The summed E-state index contributed by atoms with van der Waals surface area (Å²) >= 11 is 2.98. The minimum absolute atomic E-state index is 0.0180. The van der Waals surface area contributed by atoms with Gasteiger partial charge in [-0.2, -0.15) is 22.0 Å². The van der Waals surface area contributed by atoms with Crippen LogP contribution < -0.4 is 4.90 Å². The van der Waals surface area contributed by atoms with Gasteiger partial charge in [-0.15, -0.1) is 10.2 Å². The third-order valence-electron chi connectivity index (χ3n) is 5.59. The summed E-state index contributed by atoms with van der Waals surface area (Å²) < 4.78 is 87.1. The monoisotopic (exact) mass is 532 g/mol. The maximum absolute atomic E-state index is 15.6. The van der Waals surface area contributed by atoms with Gasteiger partial charge in [0.15, 0.2) is 0 Å². The zero-order valence-corrected chi connectivity index (χ0v) is 18.7. The number of nitrogens with zero attached hydrogens (tertiary/aromatic N) is 4. The summed E-state index contributed by atoms with van der Waals surface area (Å²) in [6, 6.07) is 6.86. The lowest BCUT2D eigenvalue weighted by Gasteiger charge is -2.30. The molecule has 5 nitrogen and oxygen atoms in total. The van der Waals surface area contributed by atoms with Crippen molar-refractivity contribution in [3.05, 3.63) is 75.3 Å². The molecule has 0 spiro atoms. The van der Waals surface area contributed by atoms with E-state index in [-0.39, 0.29) is 21.3 Å². The highest BCUT2D eigenvalue weighted by Gasteiger charge is 2.57. The first-order chi connectivity index (χ1) is 15.2. The molecule has 1 aliphatic heterocycles. The molecule has 0 radical (unpaired) electrons. The second-order valence-corrected chi connectivity index (χ2v) is 8.68. The predicted octanol–water partition coefficient (Wildman–Crippen LogP) is 5.73. The summed E-state index contributed by atoms with van der Waals surface area (Å²) in [5.74, 6) is -5.75. The molecule has 0 bridgehead atoms. The van der Waals surface area contributed by atoms with E-state index >= 15 is 13.2 Å². The molecule has 0 saturated carbocycles. The van der Waals surface area contributed by atoms with Crippen molar-refractivity contribution in [3.63, 3.8) is 0 Å². The van der Waals surface area contributed by atoms with Gasteiger partial charge in [0.05, 0.1) is 12.1 Å². The van der Waals surface area contributed by atoms with Crippen LogP contribution in [0.25, 0.3) is 0 Å². The lowest BCUT2D eigenvalue weighted by molar-refractivity contribution is -0.149. The highest BCUT2D eigenvalue weighted by atomic mass is 79.9. The summed E-state index contributed by atoms with van der Waals surface area (Å²) in [6.07, 6.45) is -3.70. The second kappa shape index (κ2) is 7.57. The molecule has 0 saturated heterocycles. The summed E-state index contributed by atoms with van der Waals surface area (Å²) in [7, 11) is 1.24. The average Bonchev–Trinajstić information content (AvgIpc) is 3.30. The van der Waals surface area contributed by atoms with Crippen LogP contribution in [0.5, 0.6) is 0 Å². The second-order valence-electron chi connectivity index (χ2n) is 7.76. The van der Waals surface area contributed by atoms with E-state index in [9.17, 15) is 18.0 Å². The lowest BCUT2D eigenvalue weighted by Crippen LogP contribution is -2.39. The fourth-order valence-corrected chi connectivity index (χ4v) is 4.22. The maximum Gasteiger partial charge on any atom is 0.416 e. The fourth-order valence-electron chi connectivity index (χ4n) is 3.76. The molecule has 0 unspecified atom stereocenters. The third-order valence-corrected chi connectivity index (χ3v) is 6.05. The highest BCUT2D eigenvalue weighted by Crippen LogP contribution is 2.48. The fraction of sp³-hybridized carbons (Fsp3) is 0.286.